The lowest BCUT2D eigenvalue weighted by atomic mass is 10.3. The second kappa shape index (κ2) is 5.15. The van der Waals surface area contributed by atoms with Crippen molar-refractivity contribution in [1.82, 2.24) is 4.90 Å². The predicted octanol–water partition coefficient (Wildman–Crippen LogP) is 1.21. The summed E-state index contributed by atoms with van der Waals surface area (Å²) in [7, 11) is 0. The Morgan fingerprint density at radius 1 is 1.56 bits per heavy atom. The lowest BCUT2D eigenvalue weighted by Crippen LogP contribution is -2.23. The predicted molar refractivity (Wildman–Crippen MR) is 62.9 cm³/mol. The number of aliphatic hydroxyl groups is 1. The smallest absolute Gasteiger partial charge is 0.222 e. The summed E-state index contributed by atoms with van der Waals surface area (Å²) in [6, 6.07) is 1.99. The largest absolute Gasteiger partial charge is 0.384 e. The first-order valence-corrected chi connectivity index (χ1v) is 6.12. The van der Waals surface area contributed by atoms with Crippen LogP contribution in [-0.2, 0) is 11.3 Å². The van der Waals surface area contributed by atoms with Crippen LogP contribution in [0.3, 0.4) is 0 Å². The molecule has 16 heavy (non-hydrogen) atoms. The monoisotopic (exact) mass is 235 g/mol. The van der Waals surface area contributed by atoms with Gasteiger partial charge in [0.25, 0.3) is 0 Å². The van der Waals surface area contributed by atoms with Crippen LogP contribution in [0.2, 0.25) is 0 Å². The van der Waals surface area contributed by atoms with Gasteiger partial charge < -0.3 is 10.0 Å². The number of nitrogens with zero attached hydrogens (tertiary/aromatic N) is 1. The van der Waals surface area contributed by atoms with Gasteiger partial charge in [-0.25, -0.2) is 0 Å². The second-order valence-corrected chi connectivity index (χ2v) is 4.68. The summed E-state index contributed by atoms with van der Waals surface area (Å²) in [5.41, 5.74) is 0.917. The molecule has 1 aromatic rings. The van der Waals surface area contributed by atoms with E-state index in [0.717, 1.165) is 23.4 Å². The Balaban J connectivity index is 1.99. The van der Waals surface area contributed by atoms with Crippen molar-refractivity contribution < 1.29 is 9.90 Å². The molecule has 1 aliphatic rings. The third kappa shape index (κ3) is 2.63. The van der Waals surface area contributed by atoms with E-state index in [9.17, 15) is 4.79 Å². The molecule has 0 unspecified atom stereocenters. The molecule has 3 nitrogen and oxygen atoms in total. The van der Waals surface area contributed by atoms with Gasteiger partial charge in [0.2, 0.25) is 5.91 Å². The van der Waals surface area contributed by atoms with Crippen LogP contribution >= 0.6 is 11.3 Å². The van der Waals surface area contributed by atoms with Crippen LogP contribution in [-0.4, -0.2) is 29.1 Å². The minimum absolute atomic E-state index is 0.115. The number of aliphatic hydroxyl groups excluding tert-OH is 1. The highest BCUT2D eigenvalue weighted by molar-refractivity contribution is 7.10. The van der Waals surface area contributed by atoms with E-state index in [2.05, 4.69) is 11.8 Å². The van der Waals surface area contributed by atoms with Gasteiger partial charge in [-0.3, -0.25) is 4.79 Å². The fourth-order valence-electron chi connectivity index (χ4n) is 1.73. The molecule has 4 heteroatoms. The molecular formula is C12H13NO2S. The molecule has 1 aromatic heterocycles. The van der Waals surface area contributed by atoms with Crippen LogP contribution < -0.4 is 0 Å². The van der Waals surface area contributed by atoms with Gasteiger partial charge in [-0.1, -0.05) is 11.8 Å². The van der Waals surface area contributed by atoms with Gasteiger partial charge in [0, 0.05) is 28.8 Å². The Morgan fingerprint density at radius 2 is 2.44 bits per heavy atom. The molecule has 1 aliphatic heterocycles. The summed E-state index contributed by atoms with van der Waals surface area (Å²) in [5, 5.41) is 10.5. The molecule has 84 valence electrons. The second-order valence-electron chi connectivity index (χ2n) is 3.68. The van der Waals surface area contributed by atoms with Crippen molar-refractivity contribution >= 4 is 17.2 Å². The zero-order valence-electron chi connectivity index (χ0n) is 8.90. The number of hydrogen-bond acceptors (Lipinski definition) is 3. The normalized spacial score (nSPS) is 15.1. The average Bonchev–Trinajstić information content (AvgIpc) is 2.87. The number of carbonyl (C=O) groups excluding carboxylic acids is 1. The quantitative estimate of drug-likeness (QED) is 0.783. The Hall–Kier alpha value is -1.31. The minimum Gasteiger partial charge on any atom is -0.384 e. The topological polar surface area (TPSA) is 40.5 Å². The number of thiophene rings is 1. The van der Waals surface area contributed by atoms with Crippen molar-refractivity contribution in [3.05, 3.63) is 21.9 Å². The zero-order chi connectivity index (χ0) is 11.4. The SMILES string of the molecule is O=C1CCCN1Cc1cc(C#CCO)cs1. The van der Waals surface area contributed by atoms with E-state index in [1.54, 1.807) is 11.3 Å². The third-order valence-electron chi connectivity index (χ3n) is 2.48. The van der Waals surface area contributed by atoms with Crippen molar-refractivity contribution in [1.29, 1.82) is 0 Å². The number of rotatable bonds is 2. The highest BCUT2D eigenvalue weighted by Crippen LogP contribution is 2.19. The lowest BCUT2D eigenvalue weighted by Gasteiger charge is -2.13. The van der Waals surface area contributed by atoms with Gasteiger partial charge in [0.15, 0.2) is 0 Å². The number of carbonyl (C=O) groups is 1. The summed E-state index contributed by atoms with van der Waals surface area (Å²) in [4.78, 5) is 14.5. The molecule has 1 saturated heterocycles. The maximum atomic E-state index is 11.4. The van der Waals surface area contributed by atoms with Crippen molar-refractivity contribution in [3.63, 3.8) is 0 Å². The van der Waals surface area contributed by atoms with Crippen molar-refractivity contribution in [2.75, 3.05) is 13.2 Å². The van der Waals surface area contributed by atoms with E-state index >= 15 is 0 Å². The summed E-state index contributed by atoms with van der Waals surface area (Å²) in [5.74, 6) is 5.72. The Bertz CT molecular complexity index is 441. The van der Waals surface area contributed by atoms with Gasteiger partial charge in [0.1, 0.15) is 6.61 Å². The lowest BCUT2D eigenvalue weighted by molar-refractivity contribution is -0.128. The van der Waals surface area contributed by atoms with E-state index < -0.39 is 0 Å². The number of likely N-dealkylation sites (tertiary alicyclic amines) is 1. The third-order valence-corrected chi connectivity index (χ3v) is 3.41. The van der Waals surface area contributed by atoms with Crippen LogP contribution in [0, 0.1) is 11.8 Å². The standard InChI is InChI=1S/C12H13NO2S/c14-6-2-3-10-7-11(16-9-10)8-13-5-1-4-12(13)15/h7,9,14H,1,4-6,8H2. The minimum atomic E-state index is -0.115. The Labute approximate surface area is 98.7 Å². The van der Waals surface area contributed by atoms with Gasteiger partial charge >= 0.3 is 0 Å². The van der Waals surface area contributed by atoms with Crippen molar-refractivity contribution in [3.8, 4) is 11.8 Å². The van der Waals surface area contributed by atoms with Crippen LogP contribution in [0.25, 0.3) is 0 Å². The highest BCUT2D eigenvalue weighted by atomic mass is 32.1. The van der Waals surface area contributed by atoms with E-state index in [1.807, 2.05) is 16.3 Å². The first-order chi connectivity index (χ1) is 7.79. The van der Waals surface area contributed by atoms with Gasteiger partial charge in [-0.05, 0) is 12.5 Å². The fraction of sp³-hybridized carbons (Fsp3) is 0.417. The van der Waals surface area contributed by atoms with Crippen LogP contribution in [0.4, 0.5) is 0 Å². The van der Waals surface area contributed by atoms with Crippen molar-refractivity contribution in [2.45, 2.75) is 19.4 Å². The molecule has 0 saturated carbocycles. The fourth-order valence-corrected chi connectivity index (χ4v) is 2.56. The molecule has 1 N–H and O–H groups in total. The first kappa shape index (κ1) is 11.2. The maximum absolute atomic E-state index is 11.4. The van der Waals surface area contributed by atoms with E-state index in [-0.39, 0.29) is 12.5 Å². The highest BCUT2D eigenvalue weighted by Gasteiger charge is 2.20. The number of hydrogen-bond donors (Lipinski definition) is 1. The van der Waals surface area contributed by atoms with Crippen molar-refractivity contribution in [2.24, 2.45) is 0 Å². The molecule has 0 radical (unpaired) electrons. The molecular weight excluding hydrogens is 222 g/mol. The van der Waals surface area contributed by atoms with Gasteiger partial charge in [-0.2, -0.15) is 0 Å². The maximum Gasteiger partial charge on any atom is 0.222 e. The summed E-state index contributed by atoms with van der Waals surface area (Å²) < 4.78 is 0. The molecule has 0 spiro atoms. The van der Waals surface area contributed by atoms with Crippen LogP contribution in [0.1, 0.15) is 23.3 Å². The van der Waals surface area contributed by atoms with E-state index in [0.29, 0.717) is 13.0 Å². The molecule has 0 aromatic carbocycles. The summed E-state index contributed by atoms with van der Waals surface area (Å²) in [6.45, 7) is 1.45. The molecule has 1 fully saturated rings. The summed E-state index contributed by atoms with van der Waals surface area (Å²) in [6.07, 6.45) is 1.66. The Kier molecular flexibility index (Phi) is 3.60. The molecule has 0 aliphatic carbocycles. The van der Waals surface area contributed by atoms with Crippen LogP contribution in [0.15, 0.2) is 11.4 Å². The molecule has 0 bridgehead atoms. The number of amides is 1. The summed E-state index contributed by atoms with van der Waals surface area (Å²) >= 11 is 1.61. The zero-order valence-corrected chi connectivity index (χ0v) is 9.72. The van der Waals surface area contributed by atoms with Gasteiger partial charge in [0.05, 0.1) is 6.54 Å². The van der Waals surface area contributed by atoms with Gasteiger partial charge in [-0.15, -0.1) is 11.3 Å². The molecule has 1 amide bonds. The molecule has 0 atom stereocenters. The Morgan fingerprint density at radius 3 is 3.12 bits per heavy atom. The van der Waals surface area contributed by atoms with E-state index in [4.69, 9.17) is 5.11 Å². The van der Waals surface area contributed by atoms with Crippen LogP contribution in [0.5, 0.6) is 0 Å². The van der Waals surface area contributed by atoms with E-state index in [1.165, 1.54) is 0 Å². The average molecular weight is 235 g/mol. The molecule has 2 rings (SSSR count). The molecule has 2 heterocycles. The first-order valence-electron chi connectivity index (χ1n) is 5.24.